The van der Waals surface area contributed by atoms with Crippen molar-refractivity contribution in [1.29, 1.82) is 0 Å². The maximum Gasteiger partial charge on any atom is 0.247 e. The Labute approximate surface area is 160 Å². The number of hydrogen-bond acceptors (Lipinski definition) is 6. The quantitative estimate of drug-likeness (QED) is 0.719. The third kappa shape index (κ3) is 3.51. The molecular weight excluding hydrogens is 390 g/mol. The number of aryl methyl sites for hydroxylation is 1. The standard InChI is InChI=1S/C17H25N3O5S2/c1-13-11-14(20-16(21)17(2,3)12-26(20,22)23)5-6-15(13)27(24,25)19-9-7-18(4)8-10-19/h5-6,11H,7-10,12H2,1-4H3. The molecule has 2 saturated heterocycles. The molecule has 2 aliphatic heterocycles. The van der Waals surface area contributed by atoms with E-state index in [-0.39, 0.29) is 16.3 Å². The van der Waals surface area contributed by atoms with Crippen LogP contribution >= 0.6 is 0 Å². The molecule has 0 unspecified atom stereocenters. The third-order valence-electron chi connectivity index (χ3n) is 5.06. The molecule has 1 amide bonds. The van der Waals surface area contributed by atoms with Gasteiger partial charge in [-0.05, 0) is 51.6 Å². The van der Waals surface area contributed by atoms with E-state index < -0.39 is 31.4 Å². The largest absolute Gasteiger partial charge is 0.304 e. The molecule has 0 radical (unpaired) electrons. The van der Waals surface area contributed by atoms with E-state index in [1.807, 2.05) is 7.05 Å². The zero-order valence-corrected chi connectivity index (χ0v) is 17.6. The van der Waals surface area contributed by atoms with Crippen LogP contribution in [0.1, 0.15) is 19.4 Å². The summed E-state index contributed by atoms with van der Waals surface area (Å²) in [6, 6.07) is 4.25. The molecule has 0 saturated carbocycles. The van der Waals surface area contributed by atoms with Gasteiger partial charge < -0.3 is 4.90 Å². The molecule has 0 aromatic heterocycles. The molecule has 0 spiro atoms. The lowest BCUT2D eigenvalue weighted by atomic mass is 9.95. The average Bonchev–Trinajstić information content (AvgIpc) is 2.70. The van der Waals surface area contributed by atoms with E-state index in [4.69, 9.17) is 0 Å². The SMILES string of the molecule is Cc1cc(N2C(=O)C(C)(C)CS2(=O)=O)ccc1S(=O)(=O)N1CCN(C)CC1. The second-order valence-corrected chi connectivity index (χ2v) is 11.6. The fourth-order valence-corrected chi connectivity index (χ4v) is 7.21. The predicted molar refractivity (Wildman–Crippen MR) is 102 cm³/mol. The van der Waals surface area contributed by atoms with Crippen molar-refractivity contribution in [2.45, 2.75) is 25.7 Å². The monoisotopic (exact) mass is 415 g/mol. The molecule has 10 heteroatoms. The highest BCUT2D eigenvalue weighted by molar-refractivity contribution is 7.94. The highest BCUT2D eigenvalue weighted by Gasteiger charge is 2.50. The van der Waals surface area contributed by atoms with Crippen LogP contribution in [0.4, 0.5) is 5.69 Å². The maximum atomic E-state index is 13.0. The molecule has 8 nitrogen and oxygen atoms in total. The number of rotatable bonds is 3. The van der Waals surface area contributed by atoms with E-state index >= 15 is 0 Å². The van der Waals surface area contributed by atoms with Crippen molar-refractivity contribution >= 4 is 31.6 Å². The van der Waals surface area contributed by atoms with Gasteiger partial charge in [-0.15, -0.1) is 0 Å². The second-order valence-electron chi connectivity index (χ2n) is 7.87. The van der Waals surface area contributed by atoms with Crippen LogP contribution in [0.2, 0.25) is 0 Å². The van der Waals surface area contributed by atoms with E-state index in [1.165, 1.54) is 22.5 Å². The first-order chi connectivity index (χ1) is 12.4. The fourth-order valence-electron chi connectivity index (χ4n) is 3.48. The first-order valence-corrected chi connectivity index (χ1v) is 11.8. The number of piperazine rings is 1. The Bertz CT molecular complexity index is 978. The van der Waals surface area contributed by atoms with Gasteiger partial charge in [-0.1, -0.05) is 0 Å². The van der Waals surface area contributed by atoms with Gasteiger partial charge in [0.15, 0.2) is 0 Å². The number of hydrogen-bond donors (Lipinski definition) is 0. The van der Waals surface area contributed by atoms with E-state index in [0.717, 1.165) is 4.31 Å². The molecule has 0 aliphatic carbocycles. The molecule has 27 heavy (non-hydrogen) atoms. The lowest BCUT2D eigenvalue weighted by molar-refractivity contribution is -0.123. The highest BCUT2D eigenvalue weighted by atomic mass is 32.2. The number of sulfonamides is 2. The van der Waals surface area contributed by atoms with E-state index in [9.17, 15) is 21.6 Å². The fraction of sp³-hybridized carbons (Fsp3) is 0.588. The Kier molecular flexibility index (Phi) is 4.91. The molecule has 1 aromatic rings. The van der Waals surface area contributed by atoms with Crippen molar-refractivity contribution in [2.75, 3.05) is 43.3 Å². The van der Waals surface area contributed by atoms with Crippen LogP contribution in [-0.4, -0.2) is 70.9 Å². The van der Waals surface area contributed by atoms with Crippen molar-refractivity contribution in [3.05, 3.63) is 23.8 Å². The number of amides is 1. The summed E-state index contributed by atoms with van der Waals surface area (Å²) >= 11 is 0. The van der Waals surface area contributed by atoms with E-state index in [0.29, 0.717) is 31.7 Å². The van der Waals surface area contributed by atoms with E-state index in [1.54, 1.807) is 20.8 Å². The van der Waals surface area contributed by atoms with Gasteiger partial charge in [0.25, 0.3) is 0 Å². The van der Waals surface area contributed by atoms with Crippen LogP contribution in [0.25, 0.3) is 0 Å². The molecule has 3 rings (SSSR count). The van der Waals surface area contributed by atoms with E-state index in [2.05, 4.69) is 4.90 Å². The topological polar surface area (TPSA) is 95.1 Å². The molecule has 0 atom stereocenters. The maximum absolute atomic E-state index is 13.0. The summed E-state index contributed by atoms with van der Waals surface area (Å²) in [6.07, 6.45) is 0. The number of benzene rings is 1. The third-order valence-corrected chi connectivity index (χ3v) is 9.14. The summed E-state index contributed by atoms with van der Waals surface area (Å²) in [6.45, 7) is 6.93. The Balaban J connectivity index is 1.96. The minimum atomic E-state index is -3.77. The summed E-state index contributed by atoms with van der Waals surface area (Å²) in [5.41, 5.74) is -0.406. The molecular formula is C17H25N3O5S2. The first-order valence-electron chi connectivity index (χ1n) is 8.73. The minimum Gasteiger partial charge on any atom is -0.304 e. The molecule has 2 fully saturated rings. The summed E-state index contributed by atoms with van der Waals surface area (Å²) in [7, 11) is -5.49. The van der Waals surface area contributed by atoms with Crippen molar-refractivity contribution < 1.29 is 21.6 Å². The Morgan fingerprint density at radius 3 is 2.15 bits per heavy atom. The zero-order chi connectivity index (χ0) is 20.2. The first kappa shape index (κ1) is 20.2. The van der Waals surface area contributed by atoms with Crippen LogP contribution in [0.5, 0.6) is 0 Å². The minimum absolute atomic E-state index is 0.138. The van der Waals surface area contributed by atoms with Crippen molar-refractivity contribution in [1.82, 2.24) is 9.21 Å². The predicted octanol–water partition coefficient (Wildman–Crippen LogP) is 0.634. The second kappa shape index (κ2) is 6.54. The molecule has 150 valence electrons. The summed E-state index contributed by atoms with van der Waals surface area (Å²) < 4.78 is 53.0. The molecule has 1 aromatic carbocycles. The van der Waals surface area contributed by atoms with Gasteiger partial charge in [0.05, 0.1) is 21.8 Å². The molecule has 0 N–H and O–H groups in total. The molecule has 2 heterocycles. The average molecular weight is 416 g/mol. The highest BCUT2D eigenvalue weighted by Crippen LogP contribution is 2.37. The van der Waals surface area contributed by atoms with Gasteiger partial charge in [0.1, 0.15) is 0 Å². The molecule has 2 aliphatic rings. The summed E-state index contributed by atoms with van der Waals surface area (Å²) in [5.74, 6) is -0.768. The van der Waals surface area contributed by atoms with Crippen molar-refractivity contribution in [3.63, 3.8) is 0 Å². The Morgan fingerprint density at radius 2 is 1.67 bits per heavy atom. The van der Waals surface area contributed by atoms with Crippen LogP contribution in [-0.2, 0) is 24.8 Å². The van der Waals surface area contributed by atoms with Gasteiger partial charge in [-0.25, -0.2) is 21.1 Å². The smallest absolute Gasteiger partial charge is 0.247 e. The number of carbonyl (C=O) groups is 1. The van der Waals surface area contributed by atoms with Gasteiger partial charge in [-0.3, -0.25) is 4.79 Å². The number of likely N-dealkylation sites (N-methyl/N-ethyl adjacent to an activating group) is 1. The summed E-state index contributed by atoms with van der Waals surface area (Å²) in [5, 5.41) is 0. The van der Waals surface area contributed by atoms with Crippen LogP contribution < -0.4 is 4.31 Å². The number of nitrogens with zero attached hydrogens (tertiary/aromatic N) is 3. The van der Waals surface area contributed by atoms with Gasteiger partial charge in [-0.2, -0.15) is 4.31 Å². The van der Waals surface area contributed by atoms with Gasteiger partial charge >= 0.3 is 0 Å². The molecule has 0 bridgehead atoms. The zero-order valence-electron chi connectivity index (χ0n) is 16.0. The van der Waals surface area contributed by atoms with Gasteiger partial charge in [0, 0.05) is 26.2 Å². The van der Waals surface area contributed by atoms with Crippen LogP contribution in [0, 0.1) is 12.3 Å². The van der Waals surface area contributed by atoms with Crippen LogP contribution in [0.15, 0.2) is 23.1 Å². The van der Waals surface area contributed by atoms with Crippen molar-refractivity contribution in [3.8, 4) is 0 Å². The van der Waals surface area contributed by atoms with Gasteiger partial charge in [0.2, 0.25) is 26.0 Å². The Morgan fingerprint density at radius 1 is 1.07 bits per heavy atom. The number of carbonyl (C=O) groups excluding carboxylic acids is 1. The Hall–Kier alpha value is -1.49. The summed E-state index contributed by atoms with van der Waals surface area (Å²) in [4.78, 5) is 14.7. The van der Waals surface area contributed by atoms with Crippen LogP contribution in [0.3, 0.4) is 0 Å². The lowest BCUT2D eigenvalue weighted by Crippen LogP contribution is -2.47. The normalized spacial score (nSPS) is 23.7. The lowest BCUT2D eigenvalue weighted by Gasteiger charge is -2.32. The van der Waals surface area contributed by atoms with Crippen molar-refractivity contribution in [2.24, 2.45) is 5.41 Å². The number of anilines is 1.